The molecular formula is C20H23N3O5. The summed E-state index contributed by atoms with van der Waals surface area (Å²) in [5.74, 6) is 1.59. The highest BCUT2D eigenvalue weighted by molar-refractivity contribution is 6.01. The average molecular weight is 385 g/mol. The van der Waals surface area contributed by atoms with Crippen molar-refractivity contribution in [2.24, 2.45) is 0 Å². The number of rotatable bonds is 7. The Balaban J connectivity index is 1.38. The van der Waals surface area contributed by atoms with Crippen LogP contribution in [-0.4, -0.2) is 50.4 Å². The third kappa shape index (κ3) is 5.37. The van der Waals surface area contributed by atoms with Gasteiger partial charge in [-0.25, -0.2) is 4.79 Å². The number of nitrogens with zero attached hydrogens (tertiary/aromatic N) is 1. The van der Waals surface area contributed by atoms with Gasteiger partial charge in [0.2, 0.25) is 12.7 Å². The maximum atomic E-state index is 12.0. The van der Waals surface area contributed by atoms with E-state index in [9.17, 15) is 9.59 Å². The number of likely N-dealkylation sites (N-methyl/N-ethyl adjacent to an activating group) is 1. The summed E-state index contributed by atoms with van der Waals surface area (Å²) in [6, 6.07) is 12.2. The van der Waals surface area contributed by atoms with Crippen LogP contribution < -0.4 is 24.8 Å². The van der Waals surface area contributed by atoms with E-state index in [1.165, 1.54) is 0 Å². The van der Waals surface area contributed by atoms with Gasteiger partial charge in [-0.15, -0.1) is 0 Å². The molecule has 3 rings (SSSR count). The summed E-state index contributed by atoms with van der Waals surface area (Å²) in [5.41, 5.74) is 1.57. The number of imide groups is 1. The number of aryl methyl sites for hydroxylation is 1. The van der Waals surface area contributed by atoms with E-state index in [0.29, 0.717) is 30.3 Å². The molecule has 28 heavy (non-hydrogen) atoms. The summed E-state index contributed by atoms with van der Waals surface area (Å²) in [6.07, 6.45) is 0. The Morgan fingerprint density at radius 3 is 2.75 bits per heavy atom. The van der Waals surface area contributed by atoms with Crippen LogP contribution >= 0.6 is 0 Å². The van der Waals surface area contributed by atoms with Crippen LogP contribution in [0.3, 0.4) is 0 Å². The molecule has 8 heteroatoms. The third-order valence-electron chi connectivity index (χ3n) is 4.12. The monoisotopic (exact) mass is 385 g/mol. The number of para-hydroxylation sites is 1. The van der Waals surface area contributed by atoms with Gasteiger partial charge in [0.25, 0.3) is 0 Å². The number of hydrogen-bond acceptors (Lipinski definition) is 6. The van der Waals surface area contributed by atoms with Crippen molar-refractivity contribution < 1.29 is 23.8 Å². The van der Waals surface area contributed by atoms with Gasteiger partial charge in [0.05, 0.1) is 6.54 Å². The van der Waals surface area contributed by atoms with Crippen molar-refractivity contribution >= 4 is 17.6 Å². The zero-order valence-corrected chi connectivity index (χ0v) is 15.9. The fourth-order valence-corrected chi connectivity index (χ4v) is 2.66. The highest BCUT2D eigenvalue weighted by Crippen LogP contribution is 2.34. The van der Waals surface area contributed by atoms with Gasteiger partial charge in [-0.3, -0.25) is 15.0 Å². The van der Waals surface area contributed by atoms with E-state index in [-0.39, 0.29) is 13.3 Å². The Hall–Kier alpha value is -3.26. The number of benzene rings is 2. The predicted octanol–water partition coefficient (Wildman–Crippen LogP) is 2.38. The van der Waals surface area contributed by atoms with Crippen molar-refractivity contribution in [2.75, 3.05) is 38.9 Å². The summed E-state index contributed by atoms with van der Waals surface area (Å²) in [7, 11) is 1.79. The van der Waals surface area contributed by atoms with E-state index < -0.39 is 11.9 Å². The van der Waals surface area contributed by atoms with Crippen LogP contribution in [0.4, 0.5) is 10.5 Å². The molecule has 0 saturated heterocycles. The molecule has 1 aliphatic heterocycles. The minimum atomic E-state index is -0.603. The number of urea groups is 1. The first kappa shape index (κ1) is 19.5. The summed E-state index contributed by atoms with van der Waals surface area (Å²) in [6.45, 7) is 3.20. The molecule has 3 amide bonds. The summed E-state index contributed by atoms with van der Waals surface area (Å²) in [5, 5.41) is 4.90. The zero-order valence-electron chi connectivity index (χ0n) is 15.9. The first-order valence-electron chi connectivity index (χ1n) is 8.89. The molecule has 2 aromatic rings. The Morgan fingerprint density at radius 1 is 1.14 bits per heavy atom. The molecular weight excluding hydrogens is 362 g/mol. The van der Waals surface area contributed by atoms with Crippen LogP contribution in [0.2, 0.25) is 0 Å². The Kier molecular flexibility index (Phi) is 6.33. The van der Waals surface area contributed by atoms with Crippen LogP contribution in [0.5, 0.6) is 17.2 Å². The normalized spacial score (nSPS) is 12.0. The van der Waals surface area contributed by atoms with E-state index in [4.69, 9.17) is 14.2 Å². The van der Waals surface area contributed by atoms with E-state index in [0.717, 1.165) is 11.3 Å². The van der Waals surface area contributed by atoms with Gasteiger partial charge in [-0.05, 0) is 37.7 Å². The smallest absolute Gasteiger partial charge is 0.325 e. The number of anilines is 1. The van der Waals surface area contributed by atoms with Crippen molar-refractivity contribution in [3.63, 3.8) is 0 Å². The van der Waals surface area contributed by atoms with Crippen LogP contribution in [-0.2, 0) is 4.79 Å². The van der Waals surface area contributed by atoms with Gasteiger partial charge in [-0.1, -0.05) is 18.2 Å². The second-order valence-electron chi connectivity index (χ2n) is 6.42. The summed E-state index contributed by atoms with van der Waals surface area (Å²) < 4.78 is 16.2. The van der Waals surface area contributed by atoms with Crippen LogP contribution in [0, 0.1) is 6.92 Å². The fourth-order valence-electron chi connectivity index (χ4n) is 2.66. The van der Waals surface area contributed by atoms with Crippen molar-refractivity contribution in [3.05, 3.63) is 48.0 Å². The minimum absolute atomic E-state index is 0.0751. The van der Waals surface area contributed by atoms with Crippen LogP contribution in [0.15, 0.2) is 42.5 Å². The van der Waals surface area contributed by atoms with E-state index in [1.54, 1.807) is 30.1 Å². The first-order chi connectivity index (χ1) is 13.5. The summed E-state index contributed by atoms with van der Waals surface area (Å²) in [4.78, 5) is 25.8. The van der Waals surface area contributed by atoms with Crippen molar-refractivity contribution in [3.8, 4) is 17.2 Å². The van der Waals surface area contributed by atoms with Crippen molar-refractivity contribution in [1.29, 1.82) is 0 Å². The topological polar surface area (TPSA) is 89.1 Å². The van der Waals surface area contributed by atoms with Gasteiger partial charge in [0.15, 0.2) is 11.5 Å². The largest absolute Gasteiger partial charge is 0.492 e. The zero-order chi connectivity index (χ0) is 19.9. The van der Waals surface area contributed by atoms with Crippen molar-refractivity contribution in [1.82, 2.24) is 10.2 Å². The second-order valence-corrected chi connectivity index (χ2v) is 6.42. The molecule has 0 bridgehead atoms. The molecule has 1 heterocycles. The SMILES string of the molecule is Cc1ccccc1OCCN(C)CC(=O)NC(=O)Nc1ccc2c(c1)OCO2. The Bertz CT molecular complexity index is 855. The highest BCUT2D eigenvalue weighted by atomic mass is 16.7. The lowest BCUT2D eigenvalue weighted by atomic mass is 10.2. The lowest BCUT2D eigenvalue weighted by Gasteiger charge is -2.17. The first-order valence-corrected chi connectivity index (χ1v) is 8.89. The number of hydrogen-bond donors (Lipinski definition) is 2. The molecule has 2 aromatic carbocycles. The minimum Gasteiger partial charge on any atom is -0.492 e. The Morgan fingerprint density at radius 2 is 1.93 bits per heavy atom. The molecule has 2 N–H and O–H groups in total. The maximum absolute atomic E-state index is 12.0. The average Bonchev–Trinajstić information content (AvgIpc) is 3.10. The molecule has 0 aromatic heterocycles. The number of carbonyl (C=O) groups excluding carboxylic acids is 2. The molecule has 0 spiro atoms. The molecule has 148 valence electrons. The number of carbonyl (C=O) groups is 2. The second kappa shape index (κ2) is 9.09. The Labute approximate surface area is 163 Å². The number of fused-ring (bicyclic) bond motifs is 1. The number of nitrogens with one attached hydrogen (secondary N) is 2. The highest BCUT2D eigenvalue weighted by Gasteiger charge is 2.15. The number of amides is 3. The van der Waals surface area contributed by atoms with E-state index in [1.807, 2.05) is 31.2 Å². The van der Waals surface area contributed by atoms with Crippen molar-refractivity contribution in [2.45, 2.75) is 6.92 Å². The summed E-state index contributed by atoms with van der Waals surface area (Å²) >= 11 is 0. The lowest BCUT2D eigenvalue weighted by molar-refractivity contribution is -0.120. The molecule has 0 atom stereocenters. The molecule has 0 aliphatic carbocycles. The van der Waals surface area contributed by atoms with E-state index in [2.05, 4.69) is 10.6 Å². The predicted molar refractivity (Wildman–Crippen MR) is 104 cm³/mol. The molecule has 0 fully saturated rings. The molecule has 0 radical (unpaired) electrons. The van der Waals surface area contributed by atoms with Gasteiger partial charge >= 0.3 is 6.03 Å². The maximum Gasteiger partial charge on any atom is 0.325 e. The molecule has 0 saturated carbocycles. The lowest BCUT2D eigenvalue weighted by Crippen LogP contribution is -2.41. The van der Waals surface area contributed by atoms with Gasteiger partial charge < -0.3 is 19.5 Å². The van der Waals surface area contributed by atoms with Gasteiger partial charge in [0.1, 0.15) is 12.4 Å². The van der Waals surface area contributed by atoms with Crippen LogP contribution in [0.25, 0.3) is 0 Å². The fraction of sp³-hybridized carbons (Fsp3) is 0.300. The third-order valence-corrected chi connectivity index (χ3v) is 4.12. The molecule has 1 aliphatic rings. The van der Waals surface area contributed by atoms with Gasteiger partial charge in [-0.2, -0.15) is 0 Å². The molecule has 8 nitrogen and oxygen atoms in total. The quantitative estimate of drug-likeness (QED) is 0.761. The standard InChI is InChI=1S/C20H23N3O5/c1-14-5-3-4-6-16(14)26-10-9-23(2)12-19(24)22-20(25)21-15-7-8-17-18(11-15)28-13-27-17/h3-8,11H,9-10,12-13H2,1-2H3,(H2,21,22,24,25). The number of ether oxygens (including phenoxy) is 3. The molecule has 0 unspecified atom stereocenters. The van der Waals surface area contributed by atoms with Gasteiger partial charge in [0, 0.05) is 18.3 Å². The van der Waals surface area contributed by atoms with Crippen LogP contribution in [0.1, 0.15) is 5.56 Å². The van der Waals surface area contributed by atoms with E-state index >= 15 is 0 Å².